The van der Waals surface area contributed by atoms with Gasteiger partial charge < -0.3 is 14.5 Å². The number of benzene rings is 2. The van der Waals surface area contributed by atoms with Gasteiger partial charge in [0.1, 0.15) is 17.8 Å². The molecule has 8 heteroatoms. The van der Waals surface area contributed by atoms with Crippen LogP contribution in [0.15, 0.2) is 48.5 Å². The van der Waals surface area contributed by atoms with Crippen LogP contribution in [-0.4, -0.2) is 69.9 Å². The van der Waals surface area contributed by atoms with E-state index < -0.39 is 0 Å². The van der Waals surface area contributed by atoms with E-state index in [0.717, 1.165) is 30.3 Å². The van der Waals surface area contributed by atoms with Crippen molar-refractivity contribution >= 4 is 22.8 Å². The van der Waals surface area contributed by atoms with Gasteiger partial charge in [-0.05, 0) is 49.6 Å². The molecule has 0 spiro atoms. The number of aromatic nitrogens is 3. The van der Waals surface area contributed by atoms with Crippen molar-refractivity contribution in [3.63, 3.8) is 0 Å². The molecule has 1 atom stereocenters. The Morgan fingerprint density at radius 3 is 2.81 bits per heavy atom. The van der Waals surface area contributed by atoms with Gasteiger partial charge in [-0.3, -0.25) is 9.59 Å². The molecule has 1 aromatic heterocycles. The average molecular weight is 422 g/mol. The molecule has 1 unspecified atom stereocenters. The van der Waals surface area contributed by atoms with Crippen LogP contribution in [0.2, 0.25) is 0 Å². The summed E-state index contributed by atoms with van der Waals surface area (Å²) in [5.41, 5.74) is 2.24. The first-order valence-electron chi connectivity index (χ1n) is 10.5. The predicted molar refractivity (Wildman–Crippen MR) is 117 cm³/mol. The lowest BCUT2D eigenvalue weighted by atomic mass is 10.1. The van der Waals surface area contributed by atoms with Crippen LogP contribution in [0, 0.1) is 0 Å². The molecule has 3 aromatic rings. The molecule has 162 valence electrons. The predicted octanol–water partition coefficient (Wildman–Crippen LogP) is 2.59. The maximum absolute atomic E-state index is 12.9. The van der Waals surface area contributed by atoms with Crippen molar-refractivity contribution in [1.29, 1.82) is 0 Å². The van der Waals surface area contributed by atoms with E-state index in [2.05, 4.69) is 10.3 Å². The highest BCUT2D eigenvalue weighted by Crippen LogP contribution is 2.20. The lowest BCUT2D eigenvalue weighted by Gasteiger charge is -2.27. The fourth-order valence-corrected chi connectivity index (χ4v) is 4.10. The average Bonchev–Trinajstić information content (AvgIpc) is 3.04. The molecule has 0 aliphatic carbocycles. The second kappa shape index (κ2) is 9.16. The number of para-hydroxylation sites is 1. The van der Waals surface area contributed by atoms with Gasteiger partial charge in [-0.1, -0.05) is 23.4 Å². The van der Waals surface area contributed by atoms with Crippen LogP contribution in [0.5, 0.6) is 5.75 Å². The molecule has 8 nitrogen and oxygen atoms in total. The van der Waals surface area contributed by atoms with Crippen LogP contribution in [0.25, 0.3) is 11.0 Å². The topological polar surface area (TPSA) is 80.6 Å². The van der Waals surface area contributed by atoms with Crippen LogP contribution in [0.1, 0.15) is 29.6 Å². The normalized spacial score (nSPS) is 16.7. The Morgan fingerprint density at radius 2 is 1.97 bits per heavy atom. The summed E-state index contributed by atoms with van der Waals surface area (Å²) >= 11 is 0. The molecule has 1 aliphatic rings. The molecule has 2 aromatic carbocycles. The van der Waals surface area contributed by atoms with Gasteiger partial charge in [0.15, 0.2) is 0 Å². The Morgan fingerprint density at radius 1 is 1.13 bits per heavy atom. The Balaban J connectivity index is 1.38. The molecule has 0 bridgehead atoms. The Bertz CT molecular complexity index is 1080. The third-order valence-corrected chi connectivity index (χ3v) is 5.94. The molecule has 2 amide bonds. The molecular weight excluding hydrogens is 394 g/mol. The second-order valence-corrected chi connectivity index (χ2v) is 7.85. The van der Waals surface area contributed by atoms with E-state index in [9.17, 15) is 9.59 Å². The van der Waals surface area contributed by atoms with E-state index in [1.165, 1.54) is 0 Å². The Labute approximate surface area is 181 Å². The number of carbonyl (C=O) groups excluding carboxylic acids is 2. The van der Waals surface area contributed by atoms with Crippen LogP contribution >= 0.6 is 0 Å². The van der Waals surface area contributed by atoms with Crippen LogP contribution in [-0.2, 0) is 11.3 Å². The van der Waals surface area contributed by atoms with Gasteiger partial charge in [-0.15, -0.1) is 5.10 Å². The van der Waals surface area contributed by atoms with E-state index in [-0.39, 0.29) is 24.4 Å². The van der Waals surface area contributed by atoms with Gasteiger partial charge in [0, 0.05) is 31.7 Å². The van der Waals surface area contributed by atoms with Crippen molar-refractivity contribution in [3.05, 3.63) is 54.1 Å². The molecule has 31 heavy (non-hydrogen) atoms. The quantitative estimate of drug-likeness (QED) is 0.633. The summed E-state index contributed by atoms with van der Waals surface area (Å²) in [6.07, 6.45) is 2.46. The van der Waals surface area contributed by atoms with Crippen molar-refractivity contribution in [1.82, 2.24) is 24.8 Å². The zero-order valence-corrected chi connectivity index (χ0v) is 17.9. The van der Waals surface area contributed by atoms with E-state index in [1.807, 2.05) is 48.3 Å². The number of rotatable bonds is 5. The monoisotopic (exact) mass is 421 g/mol. The lowest BCUT2D eigenvalue weighted by Crippen LogP contribution is -2.39. The molecular formula is C23H27N5O3. The molecule has 4 rings (SSSR count). The largest absolute Gasteiger partial charge is 0.497 e. The first kappa shape index (κ1) is 20.8. The number of hydrogen-bond donors (Lipinski definition) is 0. The first-order chi connectivity index (χ1) is 15.1. The number of ether oxygens (including phenoxy) is 1. The van der Waals surface area contributed by atoms with Crippen LogP contribution in [0.4, 0.5) is 0 Å². The maximum Gasteiger partial charge on any atom is 0.253 e. The molecule has 1 fully saturated rings. The molecule has 1 saturated heterocycles. The highest BCUT2D eigenvalue weighted by Gasteiger charge is 2.26. The second-order valence-electron chi connectivity index (χ2n) is 7.85. The highest BCUT2D eigenvalue weighted by atomic mass is 16.5. The number of amides is 2. The third kappa shape index (κ3) is 4.52. The summed E-state index contributed by atoms with van der Waals surface area (Å²) in [7, 11) is 3.43. The smallest absolute Gasteiger partial charge is 0.253 e. The minimum Gasteiger partial charge on any atom is -0.497 e. The van der Waals surface area contributed by atoms with Gasteiger partial charge in [-0.25, -0.2) is 4.68 Å². The van der Waals surface area contributed by atoms with Gasteiger partial charge in [0.2, 0.25) is 5.91 Å². The van der Waals surface area contributed by atoms with Crippen LogP contribution in [0.3, 0.4) is 0 Å². The molecule has 1 aliphatic heterocycles. The molecule has 0 saturated carbocycles. The zero-order valence-electron chi connectivity index (χ0n) is 17.9. The number of nitrogens with zero attached hydrogens (tertiary/aromatic N) is 5. The van der Waals surface area contributed by atoms with E-state index >= 15 is 0 Å². The number of fused-ring (bicyclic) bond motifs is 1. The van der Waals surface area contributed by atoms with Crippen molar-refractivity contribution in [2.45, 2.75) is 31.8 Å². The lowest BCUT2D eigenvalue weighted by molar-refractivity contribution is -0.131. The number of hydrogen-bond acceptors (Lipinski definition) is 5. The van der Waals surface area contributed by atoms with Gasteiger partial charge in [0.05, 0.1) is 12.6 Å². The van der Waals surface area contributed by atoms with Crippen LogP contribution < -0.4 is 4.74 Å². The number of likely N-dealkylation sites (tertiary alicyclic amines) is 1. The fraction of sp³-hybridized carbons (Fsp3) is 0.391. The minimum atomic E-state index is -0.0299. The SMILES string of the molecule is COc1cccc(C(=O)N(C)C2CCCN(C(=O)Cn3nnc4ccccc43)CC2)c1. The van der Waals surface area contributed by atoms with Crippen molar-refractivity contribution in [3.8, 4) is 5.75 Å². The van der Waals surface area contributed by atoms with Crippen molar-refractivity contribution < 1.29 is 14.3 Å². The van der Waals surface area contributed by atoms with Crippen molar-refractivity contribution in [2.75, 3.05) is 27.2 Å². The molecule has 0 radical (unpaired) electrons. The molecule has 0 N–H and O–H groups in total. The summed E-state index contributed by atoms with van der Waals surface area (Å²) in [6, 6.07) is 14.9. The van der Waals surface area contributed by atoms with Gasteiger partial charge in [0.25, 0.3) is 5.91 Å². The maximum atomic E-state index is 12.9. The summed E-state index contributed by atoms with van der Waals surface area (Å²) in [5.74, 6) is 0.661. The highest BCUT2D eigenvalue weighted by molar-refractivity contribution is 5.94. The van der Waals surface area contributed by atoms with Gasteiger partial charge in [-0.2, -0.15) is 0 Å². The minimum absolute atomic E-state index is 0.0260. The number of methoxy groups -OCH3 is 1. The fourth-order valence-electron chi connectivity index (χ4n) is 4.10. The molecule has 2 heterocycles. The van der Waals surface area contributed by atoms with Gasteiger partial charge >= 0.3 is 0 Å². The standard InChI is InChI=1S/C23H27N5O3/c1-26(23(30)17-7-5-9-19(15-17)31-2)18-8-6-13-27(14-12-18)22(29)16-28-21-11-4-3-10-20(21)24-25-28/h3-5,7,9-11,15,18H,6,8,12-14,16H2,1-2H3. The van der Waals surface area contributed by atoms with Crippen molar-refractivity contribution in [2.24, 2.45) is 0 Å². The summed E-state index contributed by atoms with van der Waals surface area (Å²) in [4.78, 5) is 29.5. The summed E-state index contributed by atoms with van der Waals surface area (Å²) in [6.45, 7) is 1.47. The summed E-state index contributed by atoms with van der Waals surface area (Å²) < 4.78 is 6.89. The first-order valence-corrected chi connectivity index (χ1v) is 10.5. The van der Waals surface area contributed by atoms with E-state index in [4.69, 9.17) is 4.74 Å². The van der Waals surface area contributed by atoms with E-state index in [1.54, 1.807) is 28.8 Å². The third-order valence-electron chi connectivity index (χ3n) is 5.94. The Kier molecular flexibility index (Phi) is 6.16. The zero-order chi connectivity index (χ0) is 21.8. The Hall–Kier alpha value is -3.42. The summed E-state index contributed by atoms with van der Waals surface area (Å²) in [5, 5.41) is 8.24. The number of carbonyl (C=O) groups is 2. The van der Waals surface area contributed by atoms with E-state index in [0.29, 0.717) is 24.4 Å².